The second kappa shape index (κ2) is 8.96. The van der Waals surface area contributed by atoms with Crippen LogP contribution in [0, 0.1) is 20.8 Å². The fraction of sp³-hybridized carbons (Fsp3) is 0.292. The molecule has 4 aromatic rings. The highest BCUT2D eigenvalue weighted by Gasteiger charge is 2.18. The number of aromatic nitrogens is 2. The van der Waals surface area contributed by atoms with Crippen molar-refractivity contribution in [3.63, 3.8) is 0 Å². The van der Waals surface area contributed by atoms with E-state index in [2.05, 4.69) is 26.0 Å². The summed E-state index contributed by atoms with van der Waals surface area (Å²) < 4.78 is 7.08. The normalized spacial score (nSPS) is 11.3. The predicted octanol–water partition coefficient (Wildman–Crippen LogP) is 4.93. The standard InChI is InChI=1S/C24H25N3O3S2/c1-14-6-8-17(10-15(14)2)19-12-31-22-21(19)23(29)27(5)24(25-22)32-13-20(28)26(4)11-18-9-7-16(3)30-18/h6-10,12H,11,13H2,1-5H3. The molecule has 166 valence electrons. The van der Waals surface area contributed by atoms with Crippen LogP contribution >= 0.6 is 23.1 Å². The first-order chi connectivity index (χ1) is 15.2. The summed E-state index contributed by atoms with van der Waals surface area (Å²) in [5.74, 6) is 1.70. The molecular formula is C24H25N3O3S2. The highest BCUT2D eigenvalue weighted by Crippen LogP contribution is 2.33. The van der Waals surface area contributed by atoms with E-state index in [1.165, 1.54) is 38.8 Å². The Kier molecular flexibility index (Phi) is 6.26. The van der Waals surface area contributed by atoms with Crippen LogP contribution in [0.3, 0.4) is 0 Å². The molecule has 0 saturated heterocycles. The Bertz CT molecular complexity index is 1370. The molecule has 0 unspecified atom stereocenters. The first kappa shape index (κ1) is 22.4. The van der Waals surface area contributed by atoms with Crippen LogP contribution in [0.1, 0.15) is 22.6 Å². The molecule has 6 nitrogen and oxygen atoms in total. The van der Waals surface area contributed by atoms with Gasteiger partial charge in [-0.25, -0.2) is 4.98 Å². The molecule has 1 aromatic carbocycles. The van der Waals surface area contributed by atoms with Crippen molar-refractivity contribution in [3.05, 3.63) is 68.7 Å². The topological polar surface area (TPSA) is 68.3 Å². The lowest BCUT2D eigenvalue weighted by atomic mass is 10.0. The van der Waals surface area contributed by atoms with Gasteiger partial charge in [0.25, 0.3) is 5.56 Å². The van der Waals surface area contributed by atoms with Gasteiger partial charge in [0.2, 0.25) is 5.91 Å². The van der Waals surface area contributed by atoms with Gasteiger partial charge in [-0.1, -0.05) is 30.0 Å². The molecule has 0 aliphatic heterocycles. The summed E-state index contributed by atoms with van der Waals surface area (Å²) in [4.78, 5) is 32.8. The Hall–Kier alpha value is -2.84. The lowest BCUT2D eigenvalue weighted by Gasteiger charge is -2.15. The van der Waals surface area contributed by atoms with Crippen LogP contribution in [-0.2, 0) is 18.4 Å². The van der Waals surface area contributed by atoms with Crippen molar-refractivity contribution >= 4 is 39.2 Å². The van der Waals surface area contributed by atoms with E-state index in [-0.39, 0.29) is 17.2 Å². The maximum absolute atomic E-state index is 13.2. The Morgan fingerprint density at radius 3 is 2.66 bits per heavy atom. The van der Waals surface area contributed by atoms with Crippen LogP contribution in [-0.4, -0.2) is 33.2 Å². The van der Waals surface area contributed by atoms with Crippen LogP contribution in [0.5, 0.6) is 0 Å². The molecule has 1 amide bonds. The number of carbonyl (C=O) groups is 1. The minimum atomic E-state index is -0.0983. The highest BCUT2D eigenvalue weighted by atomic mass is 32.2. The average Bonchev–Trinajstić information content (AvgIpc) is 3.37. The molecule has 0 aliphatic rings. The highest BCUT2D eigenvalue weighted by molar-refractivity contribution is 7.99. The van der Waals surface area contributed by atoms with E-state index in [4.69, 9.17) is 9.40 Å². The summed E-state index contributed by atoms with van der Waals surface area (Å²) in [6.07, 6.45) is 0. The van der Waals surface area contributed by atoms with E-state index in [1.807, 2.05) is 30.5 Å². The molecule has 0 spiro atoms. The number of thiophene rings is 1. The first-order valence-electron chi connectivity index (χ1n) is 10.2. The number of benzene rings is 1. The molecular weight excluding hydrogens is 442 g/mol. The largest absolute Gasteiger partial charge is 0.464 e. The third-order valence-corrected chi connectivity index (χ3v) is 7.42. The zero-order valence-electron chi connectivity index (χ0n) is 18.8. The molecule has 32 heavy (non-hydrogen) atoms. The maximum atomic E-state index is 13.2. The van der Waals surface area contributed by atoms with Gasteiger partial charge < -0.3 is 9.32 Å². The van der Waals surface area contributed by atoms with Gasteiger partial charge in [0, 0.05) is 25.0 Å². The molecule has 3 aromatic heterocycles. The van der Waals surface area contributed by atoms with Gasteiger partial charge >= 0.3 is 0 Å². The average molecular weight is 468 g/mol. The number of rotatable bonds is 6. The lowest BCUT2D eigenvalue weighted by Crippen LogP contribution is -2.28. The number of hydrogen-bond acceptors (Lipinski definition) is 6. The number of fused-ring (bicyclic) bond motifs is 1. The van der Waals surface area contributed by atoms with E-state index < -0.39 is 0 Å². The van der Waals surface area contributed by atoms with E-state index in [9.17, 15) is 9.59 Å². The van der Waals surface area contributed by atoms with Crippen molar-refractivity contribution < 1.29 is 9.21 Å². The van der Waals surface area contributed by atoms with Gasteiger partial charge in [-0.2, -0.15) is 0 Å². The summed E-state index contributed by atoms with van der Waals surface area (Å²) in [6, 6.07) is 9.97. The summed E-state index contributed by atoms with van der Waals surface area (Å²) in [5, 5.41) is 3.15. The Morgan fingerprint density at radius 1 is 1.19 bits per heavy atom. The molecule has 0 bridgehead atoms. The predicted molar refractivity (Wildman–Crippen MR) is 130 cm³/mol. The molecule has 0 N–H and O–H groups in total. The fourth-order valence-corrected chi connectivity index (χ4v) is 5.33. The molecule has 3 heterocycles. The van der Waals surface area contributed by atoms with Crippen LogP contribution < -0.4 is 5.56 Å². The van der Waals surface area contributed by atoms with Gasteiger partial charge in [0.1, 0.15) is 16.4 Å². The number of nitrogens with zero attached hydrogens (tertiary/aromatic N) is 3. The Morgan fingerprint density at radius 2 is 1.97 bits per heavy atom. The molecule has 0 radical (unpaired) electrons. The van der Waals surface area contributed by atoms with E-state index in [0.29, 0.717) is 21.9 Å². The van der Waals surface area contributed by atoms with Gasteiger partial charge in [-0.15, -0.1) is 11.3 Å². The summed E-state index contributed by atoms with van der Waals surface area (Å²) in [5.41, 5.74) is 4.23. The van der Waals surface area contributed by atoms with Crippen LogP contribution in [0.15, 0.2) is 50.1 Å². The molecule has 0 saturated carbocycles. The van der Waals surface area contributed by atoms with Crippen molar-refractivity contribution in [2.45, 2.75) is 32.5 Å². The van der Waals surface area contributed by atoms with E-state index in [1.54, 1.807) is 19.0 Å². The molecule has 4 rings (SSSR count). The van der Waals surface area contributed by atoms with Gasteiger partial charge in [0.05, 0.1) is 17.7 Å². The van der Waals surface area contributed by atoms with Crippen molar-refractivity contribution in [2.24, 2.45) is 7.05 Å². The van der Waals surface area contributed by atoms with Crippen molar-refractivity contribution in [2.75, 3.05) is 12.8 Å². The number of furan rings is 1. The van der Waals surface area contributed by atoms with E-state index >= 15 is 0 Å². The first-order valence-corrected chi connectivity index (χ1v) is 12.1. The number of amides is 1. The zero-order valence-corrected chi connectivity index (χ0v) is 20.4. The third-order valence-electron chi connectivity index (χ3n) is 5.53. The minimum absolute atomic E-state index is 0.0552. The summed E-state index contributed by atoms with van der Waals surface area (Å²) in [6.45, 7) is 6.42. The number of aryl methyl sites for hydroxylation is 3. The molecule has 0 fully saturated rings. The van der Waals surface area contributed by atoms with Gasteiger partial charge in [0.15, 0.2) is 5.16 Å². The van der Waals surface area contributed by atoms with Gasteiger partial charge in [-0.3, -0.25) is 14.2 Å². The van der Waals surface area contributed by atoms with Crippen LogP contribution in [0.2, 0.25) is 0 Å². The van der Waals surface area contributed by atoms with Crippen molar-refractivity contribution in [3.8, 4) is 11.1 Å². The van der Waals surface area contributed by atoms with Crippen molar-refractivity contribution in [1.82, 2.24) is 14.5 Å². The number of hydrogen-bond donors (Lipinski definition) is 0. The second-order valence-corrected chi connectivity index (χ2v) is 9.74. The fourth-order valence-electron chi connectivity index (χ4n) is 3.43. The minimum Gasteiger partial charge on any atom is -0.464 e. The van der Waals surface area contributed by atoms with Crippen LogP contribution in [0.25, 0.3) is 21.3 Å². The Balaban J connectivity index is 1.55. The quantitative estimate of drug-likeness (QED) is 0.297. The van der Waals surface area contributed by atoms with Crippen LogP contribution in [0.4, 0.5) is 0 Å². The summed E-state index contributed by atoms with van der Waals surface area (Å²) in [7, 11) is 3.45. The van der Waals surface area contributed by atoms with E-state index in [0.717, 1.165) is 22.6 Å². The lowest BCUT2D eigenvalue weighted by molar-refractivity contribution is -0.127. The molecule has 8 heteroatoms. The second-order valence-electron chi connectivity index (χ2n) is 7.94. The summed E-state index contributed by atoms with van der Waals surface area (Å²) >= 11 is 2.73. The van der Waals surface area contributed by atoms with Crippen molar-refractivity contribution in [1.29, 1.82) is 0 Å². The maximum Gasteiger partial charge on any atom is 0.263 e. The third kappa shape index (κ3) is 4.38. The van der Waals surface area contributed by atoms with Gasteiger partial charge in [-0.05, 0) is 49.6 Å². The SMILES string of the molecule is Cc1ccc(CN(C)C(=O)CSc2nc3scc(-c4ccc(C)c(C)c4)c3c(=O)n2C)o1. The molecule has 0 aliphatic carbocycles. The molecule has 0 atom stereocenters. The zero-order chi connectivity index (χ0) is 23.0. The Labute approximate surface area is 194 Å². The number of carbonyl (C=O) groups excluding carboxylic acids is 1. The monoisotopic (exact) mass is 467 g/mol. The smallest absolute Gasteiger partial charge is 0.263 e. The number of thioether (sulfide) groups is 1.